The number of amides is 1. The zero-order valence-electron chi connectivity index (χ0n) is 8.66. The van der Waals surface area contributed by atoms with Crippen molar-refractivity contribution >= 4 is 5.91 Å². The molecule has 0 aliphatic carbocycles. The van der Waals surface area contributed by atoms with Crippen molar-refractivity contribution < 1.29 is 9.90 Å². The maximum absolute atomic E-state index is 11.1. The molecule has 0 aromatic carbocycles. The average molecular weight is 185 g/mol. The molecule has 13 heavy (non-hydrogen) atoms. The third-order valence-corrected chi connectivity index (χ3v) is 2.20. The molecule has 0 aromatic heterocycles. The number of hydrogen-bond donors (Lipinski definition) is 1. The summed E-state index contributed by atoms with van der Waals surface area (Å²) in [6.07, 6.45) is 1.67. The van der Waals surface area contributed by atoms with Crippen LogP contribution in [0.5, 0.6) is 0 Å². The van der Waals surface area contributed by atoms with Crippen LogP contribution in [0, 0.1) is 0 Å². The third kappa shape index (κ3) is 3.59. The highest BCUT2D eigenvalue weighted by Gasteiger charge is 2.21. The molecule has 3 heteroatoms. The van der Waals surface area contributed by atoms with E-state index in [1.54, 1.807) is 11.0 Å². The summed E-state index contributed by atoms with van der Waals surface area (Å²) in [5.74, 6) is -0.00175. The Morgan fingerprint density at radius 2 is 2.23 bits per heavy atom. The first-order chi connectivity index (χ1) is 6.04. The van der Waals surface area contributed by atoms with E-state index in [2.05, 4.69) is 6.58 Å². The van der Waals surface area contributed by atoms with Gasteiger partial charge in [-0.25, -0.2) is 0 Å². The molecule has 0 rings (SSSR count). The summed E-state index contributed by atoms with van der Waals surface area (Å²) < 4.78 is 0. The van der Waals surface area contributed by atoms with Gasteiger partial charge in [-0.15, -0.1) is 6.58 Å². The van der Waals surface area contributed by atoms with Crippen molar-refractivity contribution in [1.82, 2.24) is 4.90 Å². The topological polar surface area (TPSA) is 40.5 Å². The minimum atomic E-state index is -0.513. The molecule has 1 N–H and O–H groups in total. The number of aliphatic hydroxyl groups is 1. The molecular weight excluding hydrogens is 166 g/mol. The van der Waals surface area contributed by atoms with Gasteiger partial charge in [-0.05, 0) is 20.3 Å². The smallest absolute Gasteiger partial charge is 0.219 e. The zero-order valence-corrected chi connectivity index (χ0v) is 8.66. The van der Waals surface area contributed by atoms with Crippen LogP contribution in [0.25, 0.3) is 0 Å². The standard InChI is InChI=1S/C10H19NO2/c1-5-7-10(13)8(3)11(6-2)9(4)12/h5,8,10,13H,1,6-7H2,2-4H3. The average Bonchev–Trinajstić information content (AvgIpc) is 2.05. The lowest BCUT2D eigenvalue weighted by Gasteiger charge is -2.30. The fourth-order valence-corrected chi connectivity index (χ4v) is 1.37. The minimum absolute atomic E-state index is 0.00175. The van der Waals surface area contributed by atoms with E-state index in [1.165, 1.54) is 6.92 Å². The highest BCUT2D eigenvalue weighted by Crippen LogP contribution is 2.08. The lowest BCUT2D eigenvalue weighted by molar-refractivity contribution is -0.132. The molecule has 1 amide bonds. The Labute approximate surface area is 80.0 Å². The molecule has 2 atom stereocenters. The molecule has 0 saturated heterocycles. The van der Waals surface area contributed by atoms with Crippen molar-refractivity contribution in [3.8, 4) is 0 Å². The van der Waals surface area contributed by atoms with Crippen LogP contribution < -0.4 is 0 Å². The second-order valence-corrected chi connectivity index (χ2v) is 3.14. The molecule has 0 aromatic rings. The van der Waals surface area contributed by atoms with Crippen molar-refractivity contribution in [1.29, 1.82) is 0 Å². The lowest BCUT2D eigenvalue weighted by Crippen LogP contribution is -2.43. The highest BCUT2D eigenvalue weighted by atomic mass is 16.3. The van der Waals surface area contributed by atoms with Crippen LogP contribution in [0.1, 0.15) is 27.2 Å². The number of aliphatic hydroxyl groups excluding tert-OH is 1. The molecule has 0 spiro atoms. The van der Waals surface area contributed by atoms with Gasteiger partial charge in [-0.3, -0.25) is 4.79 Å². The Bertz CT molecular complexity index is 180. The van der Waals surface area contributed by atoms with Crippen molar-refractivity contribution in [3.63, 3.8) is 0 Å². The normalized spacial score (nSPS) is 14.8. The van der Waals surface area contributed by atoms with Crippen LogP contribution in [0.2, 0.25) is 0 Å². The van der Waals surface area contributed by atoms with Gasteiger partial charge in [0.15, 0.2) is 0 Å². The Hall–Kier alpha value is -0.830. The first kappa shape index (κ1) is 12.2. The van der Waals surface area contributed by atoms with Gasteiger partial charge in [0.2, 0.25) is 5.91 Å². The van der Waals surface area contributed by atoms with E-state index in [9.17, 15) is 9.90 Å². The molecule has 0 saturated carbocycles. The second kappa shape index (κ2) is 5.75. The molecule has 0 radical (unpaired) electrons. The number of carbonyl (C=O) groups excluding carboxylic acids is 1. The van der Waals surface area contributed by atoms with Crippen LogP contribution in [0.15, 0.2) is 12.7 Å². The van der Waals surface area contributed by atoms with Crippen molar-refractivity contribution in [2.45, 2.75) is 39.3 Å². The van der Waals surface area contributed by atoms with E-state index in [1.807, 2.05) is 13.8 Å². The van der Waals surface area contributed by atoms with Crippen molar-refractivity contribution in [2.24, 2.45) is 0 Å². The molecule has 0 aliphatic rings. The van der Waals surface area contributed by atoms with Gasteiger partial charge in [-0.2, -0.15) is 0 Å². The largest absolute Gasteiger partial charge is 0.391 e. The van der Waals surface area contributed by atoms with Gasteiger partial charge in [0.25, 0.3) is 0 Å². The molecule has 3 nitrogen and oxygen atoms in total. The van der Waals surface area contributed by atoms with Gasteiger partial charge < -0.3 is 10.0 Å². The van der Waals surface area contributed by atoms with Crippen LogP contribution in [0.3, 0.4) is 0 Å². The molecule has 0 aliphatic heterocycles. The highest BCUT2D eigenvalue weighted by molar-refractivity contribution is 5.73. The number of carbonyl (C=O) groups is 1. The maximum Gasteiger partial charge on any atom is 0.219 e. The van der Waals surface area contributed by atoms with Crippen molar-refractivity contribution in [3.05, 3.63) is 12.7 Å². The van der Waals surface area contributed by atoms with E-state index in [-0.39, 0.29) is 11.9 Å². The molecular formula is C10H19NO2. The Morgan fingerprint density at radius 3 is 2.54 bits per heavy atom. The fourth-order valence-electron chi connectivity index (χ4n) is 1.37. The Morgan fingerprint density at radius 1 is 1.69 bits per heavy atom. The summed E-state index contributed by atoms with van der Waals surface area (Å²) in [6.45, 7) is 9.44. The van der Waals surface area contributed by atoms with E-state index in [4.69, 9.17) is 0 Å². The van der Waals surface area contributed by atoms with E-state index in [0.29, 0.717) is 13.0 Å². The first-order valence-electron chi connectivity index (χ1n) is 4.60. The van der Waals surface area contributed by atoms with Crippen molar-refractivity contribution in [2.75, 3.05) is 6.54 Å². The summed E-state index contributed by atoms with van der Waals surface area (Å²) in [5, 5.41) is 9.60. The van der Waals surface area contributed by atoms with Gasteiger partial charge in [-0.1, -0.05) is 6.08 Å². The monoisotopic (exact) mass is 185 g/mol. The number of nitrogens with zero attached hydrogens (tertiary/aromatic N) is 1. The number of hydrogen-bond acceptors (Lipinski definition) is 2. The van der Waals surface area contributed by atoms with Gasteiger partial charge in [0.05, 0.1) is 12.1 Å². The number of rotatable bonds is 5. The summed E-state index contributed by atoms with van der Waals surface area (Å²) in [5.41, 5.74) is 0. The van der Waals surface area contributed by atoms with Crippen LogP contribution >= 0.6 is 0 Å². The van der Waals surface area contributed by atoms with Crippen LogP contribution in [-0.2, 0) is 4.79 Å². The van der Waals surface area contributed by atoms with Gasteiger partial charge >= 0.3 is 0 Å². The zero-order chi connectivity index (χ0) is 10.4. The number of likely N-dealkylation sites (N-methyl/N-ethyl adjacent to an activating group) is 1. The summed E-state index contributed by atoms with van der Waals surface area (Å²) in [7, 11) is 0. The molecule has 0 fully saturated rings. The van der Waals surface area contributed by atoms with E-state index in [0.717, 1.165) is 0 Å². The second-order valence-electron chi connectivity index (χ2n) is 3.14. The molecule has 0 bridgehead atoms. The summed E-state index contributed by atoms with van der Waals surface area (Å²) >= 11 is 0. The summed E-state index contributed by atoms with van der Waals surface area (Å²) in [4.78, 5) is 12.8. The molecule has 0 heterocycles. The lowest BCUT2D eigenvalue weighted by atomic mass is 10.1. The van der Waals surface area contributed by atoms with Gasteiger partial charge in [0, 0.05) is 13.5 Å². The summed E-state index contributed by atoms with van der Waals surface area (Å²) in [6, 6.07) is -0.138. The molecule has 2 unspecified atom stereocenters. The Balaban J connectivity index is 4.26. The van der Waals surface area contributed by atoms with Crippen LogP contribution in [0.4, 0.5) is 0 Å². The predicted molar refractivity (Wildman–Crippen MR) is 53.3 cm³/mol. The quantitative estimate of drug-likeness (QED) is 0.653. The molecule has 76 valence electrons. The van der Waals surface area contributed by atoms with E-state index < -0.39 is 6.10 Å². The SMILES string of the molecule is C=CCC(O)C(C)N(CC)C(C)=O. The predicted octanol–water partition coefficient (Wildman–Crippen LogP) is 1.18. The maximum atomic E-state index is 11.1. The minimum Gasteiger partial charge on any atom is -0.391 e. The fraction of sp³-hybridized carbons (Fsp3) is 0.700. The first-order valence-corrected chi connectivity index (χ1v) is 4.60. The van der Waals surface area contributed by atoms with Gasteiger partial charge in [0.1, 0.15) is 0 Å². The Kier molecular flexibility index (Phi) is 5.39. The van der Waals surface area contributed by atoms with E-state index >= 15 is 0 Å². The third-order valence-electron chi connectivity index (χ3n) is 2.20. The van der Waals surface area contributed by atoms with Crippen LogP contribution in [-0.4, -0.2) is 34.6 Å².